The van der Waals surface area contributed by atoms with Crippen LogP contribution in [-0.4, -0.2) is 21.8 Å². The van der Waals surface area contributed by atoms with Crippen molar-refractivity contribution in [1.82, 2.24) is 9.55 Å². The van der Waals surface area contributed by atoms with Crippen LogP contribution in [0.5, 0.6) is 0 Å². The summed E-state index contributed by atoms with van der Waals surface area (Å²) in [5.41, 5.74) is 2.62. The average Bonchev–Trinajstić information content (AvgIpc) is 3.23. The highest BCUT2D eigenvalue weighted by molar-refractivity contribution is 5.58. The zero-order valence-electron chi connectivity index (χ0n) is 17.4. The molecule has 28 heavy (non-hydrogen) atoms. The molecule has 4 rings (SSSR count). The van der Waals surface area contributed by atoms with Crippen molar-refractivity contribution in [1.29, 1.82) is 0 Å². The van der Waals surface area contributed by atoms with Gasteiger partial charge in [0.25, 0.3) is 0 Å². The molecule has 146 valence electrons. The molecule has 0 N–H and O–H groups in total. The maximum absolute atomic E-state index is 4.73. The third kappa shape index (κ3) is 3.07. The van der Waals surface area contributed by atoms with E-state index in [-0.39, 0.29) is 23.7 Å². The van der Waals surface area contributed by atoms with Gasteiger partial charge < -0.3 is 14.4 Å². The van der Waals surface area contributed by atoms with Crippen molar-refractivity contribution in [2.45, 2.75) is 45.9 Å². The van der Waals surface area contributed by atoms with E-state index < -0.39 is 0 Å². The molecule has 2 unspecified atom stereocenters. The molecule has 3 aromatic rings. The number of hydrogen-bond acceptors (Lipinski definition) is 3. The van der Waals surface area contributed by atoms with E-state index in [4.69, 9.17) is 4.98 Å². The number of anilines is 2. The fourth-order valence-electron chi connectivity index (χ4n) is 4.62. The fourth-order valence-corrected chi connectivity index (χ4v) is 4.62. The van der Waals surface area contributed by atoms with Gasteiger partial charge in [-0.15, -0.1) is 0 Å². The van der Waals surface area contributed by atoms with Crippen molar-refractivity contribution < 1.29 is 0 Å². The molecule has 1 aliphatic rings. The Hall–Kier alpha value is -2.75. The minimum atomic E-state index is 0.0274. The van der Waals surface area contributed by atoms with Crippen molar-refractivity contribution >= 4 is 11.6 Å². The number of imidazole rings is 1. The second-order valence-electron chi connectivity index (χ2n) is 8.82. The minimum Gasteiger partial charge on any atom is -0.341 e. The van der Waals surface area contributed by atoms with Crippen molar-refractivity contribution in [3.05, 3.63) is 78.6 Å². The molecule has 4 heteroatoms. The highest BCUT2D eigenvalue weighted by atomic mass is 15.5. The lowest BCUT2D eigenvalue weighted by atomic mass is 9.90. The molecule has 1 aromatic heterocycles. The predicted molar refractivity (Wildman–Crippen MR) is 116 cm³/mol. The zero-order chi connectivity index (χ0) is 19.9. The monoisotopic (exact) mass is 374 g/mol. The van der Waals surface area contributed by atoms with Gasteiger partial charge >= 0.3 is 0 Å². The SMILES string of the molecule is C[C@H]1C(c2ccccc2)N(c2ccccc2)C(C(C)(C)C)N1c1nccn1C. The first kappa shape index (κ1) is 18.6. The molecule has 4 nitrogen and oxygen atoms in total. The lowest BCUT2D eigenvalue weighted by molar-refractivity contribution is 0.313. The first-order chi connectivity index (χ1) is 13.4. The Labute approximate surface area is 168 Å². The zero-order valence-corrected chi connectivity index (χ0v) is 17.4. The highest BCUT2D eigenvalue weighted by Crippen LogP contribution is 2.47. The molecular weight excluding hydrogens is 344 g/mol. The molecule has 0 spiro atoms. The fraction of sp³-hybridized carbons (Fsp3) is 0.375. The van der Waals surface area contributed by atoms with Gasteiger partial charge in [0.05, 0.1) is 12.1 Å². The molecular formula is C24H30N4. The Morgan fingerprint density at radius 2 is 1.46 bits per heavy atom. The van der Waals surface area contributed by atoms with Gasteiger partial charge in [0.15, 0.2) is 0 Å². The number of para-hydroxylation sites is 1. The first-order valence-corrected chi connectivity index (χ1v) is 10.0. The predicted octanol–water partition coefficient (Wildman–Crippen LogP) is 5.25. The number of hydrogen-bond donors (Lipinski definition) is 0. The molecule has 0 aliphatic carbocycles. The van der Waals surface area contributed by atoms with Crippen LogP contribution in [-0.2, 0) is 7.05 Å². The van der Waals surface area contributed by atoms with E-state index in [0.29, 0.717) is 0 Å². The number of rotatable bonds is 3. The molecule has 2 heterocycles. The van der Waals surface area contributed by atoms with Gasteiger partial charge in [-0.3, -0.25) is 0 Å². The number of aromatic nitrogens is 2. The van der Waals surface area contributed by atoms with Crippen LogP contribution in [0.25, 0.3) is 0 Å². The Bertz CT molecular complexity index is 911. The smallest absolute Gasteiger partial charge is 0.207 e. The van der Waals surface area contributed by atoms with Crippen LogP contribution in [0.3, 0.4) is 0 Å². The largest absolute Gasteiger partial charge is 0.341 e. The van der Waals surface area contributed by atoms with Crippen LogP contribution in [0.2, 0.25) is 0 Å². The number of aryl methyl sites for hydroxylation is 1. The summed E-state index contributed by atoms with van der Waals surface area (Å²) in [5.74, 6) is 1.02. The molecule has 0 bridgehead atoms. The van der Waals surface area contributed by atoms with Gasteiger partial charge in [0.2, 0.25) is 5.95 Å². The summed E-state index contributed by atoms with van der Waals surface area (Å²) < 4.78 is 2.13. The summed E-state index contributed by atoms with van der Waals surface area (Å²) in [7, 11) is 2.08. The van der Waals surface area contributed by atoms with E-state index in [1.807, 2.05) is 12.4 Å². The van der Waals surface area contributed by atoms with E-state index >= 15 is 0 Å². The van der Waals surface area contributed by atoms with Crippen LogP contribution < -0.4 is 9.80 Å². The molecule has 1 fully saturated rings. The third-order valence-corrected chi connectivity index (χ3v) is 5.72. The molecule has 1 aliphatic heterocycles. The van der Waals surface area contributed by atoms with Crippen molar-refractivity contribution in [2.75, 3.05) is 9.80 Å². The molecule has 2 aromatic carbocycles. The maximum Gasteiger partial charge on any atom is 0.207 e. The molecule has 1 saturated heterocycles. The Morgan fingerprint density at radius 1 is 0.857 bits per heavy atom. The van der Waals surface area contributed by atoms with Crippen molar-refractivity contribution in [2.24, 2.45) is 12.5 Å². The quantitative estimate of drug-likeness (QED) is 0.626. The Morgan fingerprint density at radius 3 is 2.00 bits per heavy atom. The molecule has 0 radical (unpaired) electrons. The van der Waals surface area contributed by atoms with Crippen molar-refractivity contribution in [3.63, 3.8) is 0 Å². The number of benzene rings is 2. The molecule has 0 saturated carbocycles. The summed E-state index contributed by atoms with van der Waals surface area (Å²) in [4.78, 5) is 9.83. The van der Waals surface area contributed by atoms with Crippen LogP contribution in [0.1, 0.15) is 39.3 Å². The van der Waals surface area contributed by atoms with E-state index in [2.05, 4.69) is 110 Å². The topological polar surface area (TPSA) is 24.3 Å². The van der Waals surface area contributed by atoms with Gasteiger partial charge in [0.1, 0.15) is 6.17 Å². The second kappa shape index (κ2) is 7.01. The van der Waals surface area contributed by atoms with E-state index in [9.17, 15) is 0 Å². The van der Waals surface area contributed by atoms with Gasteiger partial charge in [0, 0.05) is 30.5 Å². The highest BCUT2D eigenvalue weighted by Gasteiger charge is 2.51. The van der Waals surface area contributed by atoms with Gasteiger partial charge in [-0.25, -0.2) is 4.98 Å². The lowest BCUT2D eigenvalue weighted by Gasteiger charge is -2.42. The lowest BCUT2D eigenvalue weighted by Crippen LogP contribution is -2.50. The Balaban J connectivity index is 1.93. The first-order valence-electron chi connectivity index (χ1n) is 10.0. The maximum atomic E-state index is 4.73. The standard InChI is InChI=1S/C24H30N4/c1-18-21(19-12-8-6-9-13-19)28(20-14-10-7-11-15-20)22(24(2,3)4)27(18)23-25-16-17-26(23)5/h6-18,21-22H,1-5H3/t18-,21?,22?/m0/s1. The summed E-state index contributed by atoms with van der Waals surface area (Å²) in [6.45, 7) is 9.30. The Kier molecular flexibility index (Phi) is 4.66. The van der Waals surface area contributed by atoms with Crippen LogP contribution in [0.15, 0.2) is 73.1 Å². The minimum absolute atomic E-state index is 0.0274. The van der Waals surface area contributed by atoms with Gasteiger partial charge in [-0.1, -0.05) is 69.3 Å². The molecule has 3 atom stereocenters. The van der Waals surface area contributed by atoms with Crippen LogP contribution in [0.4, 0.5) is 11.6 Å². The summed E-state index contributed by atoms with van der Waals surface area (Å²) in [6.07, 6.45) is 4.10. The van der Waals surface area contributed by atoms with Crippen molar-refractivity contribution in [3.8, 4) is 0 Å². The average molecular weight is 375 g/mol. The van der Waals surface area contributed by atoms with E-state index in [0.717, 1.165) is 5.95 Å². The van der Waals surface area contributed by atoms with Crippen LogP contribution >= 0.6 is 0 Å². The van der Waals surface area contributed by atoms with Gasteiger partial charge in [-0.2, -0.15) is 0 Å². The second-order valence-corrected chi connectivity index (χ2v) is 8.82. The van der Waals surface area contributed by atoms with Crippen LogP contribution in [0, 0.1) is 5.41 Å². The van der Waals surface area contributed by atoms with E-state index in [1.54, 1.807) is 0 Å². The molecule has 0 amide bonds. The normalized spacial score (nSPS) is 22.7. The number of nitrogens with zero attached hydrogens (tertiary/aromatic N) is 4. The summed E-state index contributed by atoms with van der Waals surface area (Å²) in [6, 6.07) is 22.2. The van der Waals surface area contributed by atoms with Gasteiger partial charge in [-0.05, 0) is 24.6 Å². The third-order valence-electron chi connectivity index (χ3n) is 5.72. The summed E-state index contributed by atoms with van der Waals surface area (Å²) in [5, 5.41) is 0. The van der Waals surface area contributed by atoms with E-state index in [1.165, 1.54) is 11.3 Å². The summed E-state index contributed by atoms with van der Waals surface area (Å²) >= 11 is 0.